The molecule has 0 aliphatic carbocycles. The number of carboxylic acids is 1. The number of benzene rings is 4. The molecule has 4 aromatic carbocycles. The van der Waals surface area contributed by atoms with Crippen molar-refractivity contribution in [1.82, 2.24) is 26.1 Å². The van der Waals surface area contributed by atoms with E-state index >= 15 is 0 Å². The molecule has 0 amide bonds. The fourth-order valence-corrected chi connectivity index (χ4v) is 5.84. The number of H-pyrrole nitrogens is 4. The van der Waals surface area contributed by atoms with Crippen LogP contribution in [-0.4, -0.2) is 90.3 Å². The van der Waals surface area contributed by atoms with Crippen LogP contribution in [-0.2, 0) is 16.0 Å². The third-order valence-electron chi connectivity index (χ3n) is 8.79. The minimum Gasteiger partial charge on any atom is -1.00 e. The van der Waals surface area contributed by atoms with Crippen LogP contribution >= 0.6 is 0 Å². The molecule has 18 heteroatoms. The van der Waals surface area contributed by atoms with Crippen LogP contribution in [0.1, 0.15) is 119 Å². The number of aromatic amines is 4. The second-order valence-electron chi connectivity index (χ2n) is 13.8. The quantitative estimate of drug-likeness (QED) is 0.0358. The number of hydrogen-bond donors (Lipinski definition) is 7. The number of para-hydroxylation sites is 4. The van der Waals surface area contributed by atoms with Crippen molar-refractivity contribution in [3.63, 3.8) is 0 Å². The van der Waals surface area contributed by atoms with Gasteiger partial charge in [-0.3, -0.25) is 29.8 Å². The molecule has 73 heavy (non-hydrogen) atoms. The third kappa shape index (κ3) is 31.7. The van der Waals surface area contributed by atoms with Gasteiger partial charge in [0.05, 0.1) is 4.92 Å². The summed E-state index contributed by atoms with van der Waals surface area (Å²) in [7, 11) is 0. The van der Waals surface area contributed by atoms with Gasteiger partial charge in [-0.15, -0.1) is 0 Å². The Morgan fingerprint density at radius 2 is 1.08 bits per heavy atom. The van der Waals surface area contributed by atoms with Crippen LogP contribution in [0.4, 0.5) is 0 Å². The molecule has 1 unspecified atom stereocenters. The average molecular weight is 1020 g/mol. The van der Waals surface area contributed by atoms with Gasteiger partial charge < -0.3 is 43.1 Å². The van der Waals surface area contributed by atoms with E-state index in [4.69, 9.17) is 20.4 Å². The monoisotopic (exact) mass is 1020 g/mol. The topological polar surface area (TPSA) is 274 Å². The molecule has 1 atom stereocenters. The molecule has 0 saturated carbocycles. The summed E-state index contributed by atoms with van der Waals surface area (Å²) >= 11 is 0. The number of carbonyl (C=O) groups excluding carboxylic acids is 1. The van der Waals surface area contributed by atoms with E-state index < -0.39 is 5.97 Å². The molecule has 16 nitrogen and oxygen atoms in total. The van der Waals surface area contributed by atoms with Gasteiger partial charge in [-0.05, 0) is 67.5 Å². The third-order valence-corrected chi connectivity index (χ3v) is 8.79. The molecule has 0 spiro atoms. The number of carboxylic acid groups (broad SMARTS) is 1. The van der Waals surface area contributed by atoms with E-state index in [1.54, 1.807) is 18.5 Å². The number of allylic oxidation sites excluding steroid dienone is 1. The van der Waals surface area contributed by atoms with E-state index in [1.165, 1.54) is 54.1 Å². The summed E-state index contributed by atoms with van der Waals surface area (Å²) in [5.41, 5.74) is 13.2. The number of aliphatic carboxylic acids is 1. The molecule has 0 bridgehead atoms. The fourth-order valence-electron chi connectivity index (χ4n) is 5.84. The van der Waals surface area contributed by atoms with Gasteiger partial charge in [0.2, 0.25) is 12.2 Å². The first-order valence-electron chi connectivity index (χ1n) is 24.0. The molecule has 4 aromatic heterocycles. The summed E-state index contributed by atoms with van der Waals surface area (Å²) in [6.07, 6.45) is 13.4. The maximum atomic E-state index is 10.5. The smallest absolute Gasteiger partial charge is 1.00 e. The maximum Gasteiger partial charge on any atom is 1.00 e. The van der Waals surface area contributed by atoms with E-state index in [2.05, 4.69) is 56.3 Å². The normalized spacial score (nSPS) is 10.5. The maximum absolute atomic E-state index is 10.5. The minimum atomic E-state index is -0.833. The Hall–Kier alpha value is -6.27. The van der Waals surface area contributed by atoms with Crippen molar-refractivity contribution in [2.24, 2.45) is 5.73 Å². The van der Waals surface area contributed by atoms with Gasteiger partial charge in [-0.2, -0.15) is 0 Å². The SMILES string of the molecule is C/C(=C/c1c[nH]c2ccccc12)[N+](=O)[O-].C1CCOC1.CC.CC.CC.CC.CC(=O)O.CC(N)Cc1c[nH]c2ccccc12.CC[N+](=O)[O-].N.O=Cc1c[nH]c2ccccc12.[AlH3].[H-].[Li+].c1ccc2[nH]ccc2c1. The van der Waals surface area contributed by atoms with Crippen LogP contribution < -0.4 is 30.7 Å². The number of nitrogens with two attached hydrogens (primary N) is 1. The van der Waals surface area contributed by atoms with Crippen molar-refractivity contribution in [2.75, 3.05) is 19.8 Å². The van der Waals surface area contributed by atoms with Crippen molar-refractivity contribution in [3.05, 3.63) is 171 Å². The zero-order valence-electron chi connectivity index (χ0n) is 46.1. The van der Waals surface area contributed by atoms with Crippen LogP contribution in [0.2, 0.25) is 0 Å². The van der Waals surface area contributed by atoms with Crippen molar-refractivity contribution in [3.8, 4) is 0 Å². The molecule has 1 fully saturated rings. The van der Waals surface area contributed by atoms with Gasteiger partial charge in [0.25, 0.3) is 5.97 Å². The molecule has 8 aromatic rings. The number of aldehydes is 1. The number of nitrogens with one attached hydrogen (secondary N) is 4. The van der Waals surface area contributed by atoms with Crippen LogP contribution in [0.15, 0.2) is 134 Å². The Bertz CT molecular complexity index is 2600. The number of rotatable bonds is 6. The number of ether oxygens (including phenoxy) is 1. The van der Waals surface area contributed by atoms with E-state index in [0.29, 0.717) is 0 Å². The molecule has 10 N–H and O–H groups in total. The van der Waals surface area contributed by atoms with Gasteiger partial charge in [0.1, 0.15) is 0 Å². The molecule has 0 radical (unpaired) electrons. The van der Waals surface area contributed by atoms with Crippen LogP contribution in [0, 0.1) is 20.2 Å². The second-order valence-corrected chi connectivity index (χ2v) is 13.8. The largest absolute Gasteiger partial charge is 1.00 e. The first kappa shape index (κ1) is 75.7. The van der Waals surface area contributed by atoms with E-state index in [-0.39, 0.29) is 71.9 Å². The van der Waals surface area contributed by atoms with Crippen LogP contribution in [0.5, 0.6) is 0 Å². The average Bonchev–Trinajstić information content (AvgIpc) is 4.27. The zero-order chi connectivity index (χ0) is 53.3. The molecule has 5 heterocycles. The van der Waals surface area contributed by atoms with Gasteiger partial charge in [-0.25, -0.2) is 0 Å². The van der Waals surface area contributed by atoms with Crippen molar-refractivity contribution >= 4 is 79.3 Å². The first-order valence-corrected chi connectivity index (χ1v) is 24.0. The van der Waals surface area contributed by atoms with Gasteiger partial charge >= 0.3 is 18.9 Å². The Balaban J connectivity index is -0.000000183. The molecule has 9 rings (SSSR count). The van der Waals surface area contributed by atoms with Crippen LogP contribution in [0.25, 0.3) is 49.7 Å². The molecule has 1 aliphatic heterocycles. The molecular weight excluding hydrogens is 935 g/mol. The molecule has 398 valence electrons. The number of nitro groups is 2. The van der Waals surface area contributed by atoms with E-state index in [0.717, 1.165) is 65.8 Å². The predicted molar refractivity (Wildman–Crippen MR) is 309 cm³/mol. The predicted octanol–water partition coefficient (Wildman–Crippen LogP) is 10.4. The Kier molecular flexibility index (Phi) is 49.8. The summed E-state index contributed by atoms with van der Waals surface area (Å²) < 4.78 is 4.94. The van der Waals surface area contributed by atoms with Gasteiger partial charge in [-0.1, -0.05) is 128 Å². The van der Waals surface area contributed by atoms with Gasteiger partial charge in [0, 0.05) is 125 Å². The van der Waals surface area contributed by atoms with Crippen molar-refractivity contribution < 1.29 is 49.6 Å². The zero-order valence-corrected chi connectivity index (χ0v) is 45.1. The summed E-state index contributed by atoms with van der Waals surface area (Å²) in [4.78, 5) is 50.8. The van der Waals surface area contributed by atoms with Crippen molar-refractivity contribution in [1.29, 1.82) is 0 Å². The number of aromatic nitrogens is 4. The first-order chi connectivity index (χ1) is 33.8. The number of hydrogen-bond acceptors (Lipinski definition) is 9. The molecule has 1 saturated heterocycles. The number of nitrogens with zero attached hydrogens (tertiary/aromatic N) is 2. The summed E-state index contributed by atoms with van der Waals surface area (Å²) in [6, 6.07) is 34.2. The fraction of sp³-hybridized carbons (Fsp3) is 0.345. The van der Waals surface area contributed by atoms with Crippen molar-refractivity contribution in [2.45, 2.75) is 108 Å². The second kappa shape index (κ2) is 48.0. The Labute approximate surface area is 457 Å². The molecule has 1 aliphatic rings. The Morgan fingerprint density at radius 1 is 0.699 bits per heavy atom. The van der Waals surface area contributed by atoms with E-state index in [1.807, 2.05) is 141 Å². The summed E-state index contributed by atoms with van der Waals surface area (Å²) in [5.74, 6) is -0.833. The van der Waals surface area contributed by atoms with Gasteiger partial charge in [0.15, 0.2) is 23.6 Å². The summed E-state index contributed by atoms with van der Waals surface area (Å²) in [5, 5.41) is 31.6. The molecular formula is C55H86AlLiN8O8. The van der Waals surface area contributed by atoms with Crippen LogP contribution in [0.3, 0.4) is 0 Å². The minimum absolute atomic E-state index is 0. The number of carbonyl (C=O) groups is 2. The summed E-state index contributed by atoms with van der Waals surface area (Å²) in [6.45, 7) is 24.1. The standard InChI is InChI=1S/C11H10N2O2.C11H14N2.C9H7NO.C8H7N.C4H8O.C2H5NO2.C2H4O2.4C2H6.Al.Li.H3N.4H/c1-8(13(14)15)6-9-7-12-11-5-3-2-4-10(9)11;1-8(12)6-9-7-13-11-5-3-2-4-10(9)11;11-6-7-5-10-9-4-2-1-3-8(7)9;1-2-4-8-7(3-1)5-6-9-8;1-2-4-5-3-1;1-2-3(4)5;1-2(3)4;4*1-2;;;;;;;/h2-7,12H,1H3;2-5,7-8,13H,6,12H2,1H3;1-6,10H;1-6,9H;1-4H2;2H2,1H3;1H3,(H,3,4);4*1-2H3;;;1H3;;;;/q;;;;;;;;;;;;+1;;;;;-1/b8-6-;;;;;;;;;;;;;;;;;. The Morgan fingerprint density at radius 3 is 1.48 bits per heavy atom. The van der Waals surface area contributed by atoms with E-state index in [9.17, 15) is 25.0 Å². The number of fused-ring (bicyclic) bond motifs is 4.